The van der Waals surface area contributed by atoms with Crippen LogP contribution in [-0.2, 0) is 16.1 Å². The maximum atomic E-state index is 12.7. The largest absolute Gasteiger partial charge is 0.493 e. The summed E-state index contributed by atoms with van der Waals surface area (Å²) < 4.78 is 16.4. The van der Waals surface area contributed by atoms with E-state index in [-0.39, 0.29) is 12.4 Å². The number of carbonyl (C=O) groups is 2. The van der Waals surface area contributed by atoms with Gasteiger partial charge < -0.3 is 14.2 Å². The molecule has 1 aliphatic rings. The summed E-state index contributed by atoms with van der Waals surface area (Å²) in [5.74, 6) is -0.575. The minimum Gasteiger partial charge on any atom is -0.493 e. The van der Waals surface area contributed by atoms with Crippen LogP contribution >= 0.6 is 0 Å². The fourth-order valence-corrected chi connectivity index (χ4v) is 2.73. The van der Waals surface area contributed by atoms with Crippen molar-refractivity contribution in [3.05, 3.63) is 59.7 Å². The molecule has 0 saturated carbocycles. The molecule has 3 rings (SSSR count). The van der Waals surface area contributed by atoms with Crippen molar-refractivity contribution in [1.82, 2.24) is 0 Å². The van der Waals surface area contributed by atoms with Gasteiger partial charge in [0.2, 0.25) is 0 Å². The van der Waals surface area contributed by atoms with Gasteiger partial charge in [0.25, 0.3) is 0 Å². The Labute approximate surface area is 146 Å². The van der Waals surface area contributed by atoms with Gasteiger partial charge in [-0.25, -0.2) is 0 Å². The third-order valence-electron chi connectivity index (χ3n) is 4.02. The molecule has 0 radical (unpaired) electrons. The van der Waals surface area contributed by atoms with E-state index in [9.17, 15) is 9.59 Å². The Hall–Kier alpha value is -2.82. The van der Waals surface area contributed by atoms with Gasteiger partial charge in [0.1, 0.15) is 24.0 Å². The van der Waals surface area contributed by atoms with E-state index in [0.29, 0.717) is 36.7 Å². The number of fused-ring (bicyclic) bond motifs is 1. The molecule has 0 amide bonds. The van der Waals surface area contributed by atoms with Crippen LogP contribution in [0, 0.1) is 5.92 Å². The average Bonchev–Trinajstić information content (AvgIpc) is 2.80. The van der Waals surface area contributed by atoms with E-state index in [1.165, 1.54) is 0 Å². The van der Waals surface area contributed by atoms with E-state index in [0.717, 1.165) is 5.56 Å². The standard InChI is InChI=1S/C20H20O5/c1-2-23-20(22)16-10-11-24-18-9-8-15(12-17(18)19(16)21)25-13-14-6-4-3-5-7-14/h3-9,12,16H,2,10-11,13H2,1H3. The molecule has 0 N–H and O–H groups in total. The zero-order valence-corrected chi connectivity index (χ0v) is 14.1. The monoisotopic (exact) mass is 340 g/mol. The summed E-state index contributed by atoms with van der Waals surface area (Å²) in [7, 11) is 0. The van der Waals surface area contributed by atoms with Crippen molar-refractivity contribution >= 4 is 11.8 Å². The molecule has 0 aromatic heterocycles. The molecular weight excluding hydrogens is 320 g/mol. The minimum absolute atomic E-state index is 0.247. The number of hydrogen-bond acceptors (Lipinski definition) is 5. The molecular formula is C20H20O5. The maximum absolute atomic E-state index is 12.7. The number of hydrogen-bond donors (Lipinski definition) is 0. The fourth-order valence-electron chi connectivity index (χ4n) is 2.73. The maximum Gasteiger partial charge on any atom is 0.316 e. The van der Waals surface area contributed by atoms with E-state index < -0.39 is 11.9 Å². The summed E-state index contributed by atoms with van der Waals surface area (Å²) in [5.41, 5.74) is 1.39. The molecule has 2 aromatic carbocycles. The first-order chi connectivity index (χ1) is 12.2. The van der Waals surface area contributed by atoms with Gasteiger partial charge in [0.15, 0.2) is 5.78 Å². The van der Waals surface area contributed by atoms with E-state index >= 15 is 0 Å². The van der Waals surface area contributed by atoms with Crippen molar-refractivity contribution in [3.8, 4) is 11.5 Å². The lowest BCUT2D eigenvalue weighted by Crippen LogP contribution is -2.26. The molecule has 1 heterocycles. The molecule has 1 unspecified atom stereocenters. The number of ketones is 1. The zero-order chi connectivity index (χ0) is 17.6. The van der Waals surface area contributed by atoms with Crippen LogP contribution in [0.25, 0.3) is 0 Å². The van der Waals surface area contributed by atoms with Crippen molar-refractivity contribution in [3.63, 3.8) is 0 Å². The summed E-state index contributed by atoms with van der Waals surface area (Å²) in [6, 6.07) is 14.9. The summed E-state index contributed by atoms with van der Waals surface area (Å²) in [6.45, 7) is 2.66. The smallest absolute Gasteiger partial charge is 0.316 e. The third-order valence-corrected chi connectivity index (χ3v) is 4.02. The van der Waals surface area contributed by atoms with Gasteiger partial charge in [-0.2, -0.15) is 0 Å². The molecule has 2 aromatic rings. The van der Waals surface area contributed by atoms with E-state index in [1.54, 1.807) is 25.1 Å². The number of benzene rings is 2. The minimum atomic E-state index is -0.828. The summed E-state index contributed by atoms with van der Waals surface area (Å²) in [5, 5.41) is 0. The molecule has 25 heavy (non-hydrogen) atoms. The lowest BCUT2D eigenvalue weighted by molar-refractivity contribution is -0.146. The molecule has 1 aliphatic heterocycles. The lowest BCUT2D eigenvalue weighted by atomic mass is 9.95. The van der Waals surface area contributed by atoms with Gasteiger partial charge in [0.05, 0.1) is 18.8 Å². The van der Waals surface area contributed by atoms with Crippen LogP contribution < -0.4 is 9.47 Å². The Morgan fingerprint density at radius 3 is 2.76 bits per heavy atom. The quantitative estimate of drug-likeness (QED) is 0.616. The van der Waals surface area contributed by atoms with Crippen molar-refractivity contribution in [1.29, 1.82) is 0 Å². The summed E-state index contributed by atoms with van der Waals surface area (Å²) in [6.07, 6.45) is 0.312. The summed E-state index contributed by atoms with van der Waals surface area (Å²) in [4.78, 5) is 24.8. The van der Waals surface area contributed by atoms with E-state index in [1.807, 2.05) is 30.3 Å². The van der Waals surface area contributed by atoms with Crippen LogP contribution in [-0.4, -0.2) is 25.0 Å². The molecule has 0 bridgehead atoms. The van der Waals surface area contributed by atoms with Crippen LogP contribution in [0.4, 0.5) is 0 Å². The Balaban J connectivity index is 1.79. The Bertz CT molecular complexity index is 754. The second kappa shape index (κ2) is 7.83. The number of ether oxygens (including phenoxy) is 3. The summed E-state index contributed by atoms with van der Waals surface area (Å²) >= 11 is 0. The molecule has 1 atom stereocenters. The number of carbonyl (C=O) groups excluding carboxylic acids is 2. The van der Waals surface area contributed by atoms with Crippen molar-refractivity contribution in [2.45, 2.75) is 20.0 Å². The van der Waals surface area contributed by atoms with Crippen LogP contribution in [0.5, 0.6) is 11.5 Å². The predicted octanol–water partition coefficient (Wildman–Crippen LogP) is 3.41. The van der Waals surface area contributed by atoms with Gasteiger partial charge in [-0.15, -0.1) is 0 Å². The average molecular weight is 340 g/mol. The second-order valence-corrected chi connectivity index (χ2v) is 5.74. The molecule has 0 spiro atoms. The van der Waals surface area contributed by atoms with Crippen LogP contribution in [0.15, 0.2) is 48.5 Å². The number of Topliss-reactive ketones (excluding diaryl/α,β-unsaturated/α-hetero) is 1. The Kier molecular flexibility index (Phi) is 5.33. The lowest BCUT2D eigenvalue weighted by Gasteiger charge is -2.12. The van der Waals surface area contributed by atoms with Crippen LogP contribution in [0.3, 0.4) is 0 Å². The van der Waals surface area contributed by atoms with Gasteiger partial charge in [0, 0.05) is 6.42 Å². The highest BCUT2D eigenvalue weighted by Gasteiger charge is 2.33. The molecule has 0 aliphatic carbocycles. The van der Waals surface area contributed by atoms with Crippen LogP contribution in [0.1, 0.15) is 29.3 Å². The van der Waals surface area contributed by atoms with Crippen molar-refractivity contribution < 1.29 is 23.8 Å². The van der Waals surface area contributed by atoms with Gasteiger partial charge in [-0.3, -0.25) is 9.59 Å². The highest BCUT2D eigenvalue weighted by atomic mass is 16.5. The highest BCUT2D eigenvalue weighted by molar-refractivity contribution is 6.10. The zero-order valence-electron chi connectivity index (χ0n) is 14.1. The van der Waals surface area contributed by atoms with Gasteiger partial charge in [-0.1, -0.05) is 30.3 Å². The van der Waals surface area contributed by atoms with Gasteiger partial charge in [-0.05, 0) is 30.7 Å². The van der Waals surface area contributed by atoms with Crippen molar-refractivity contribution in [2.75, 3.05) is 13.2 Å². The Morgan fingerprint density at radius 1 is 1.20 bits per heavy atom. The predicted molar refractivity (Wildman–Crippen MR) is 91.8 cm³/mol. The van der Waals surface area contributed by atoms with Gasteiger partial charge >= 0.3 is 5.97 Å². The van der Waals surface area contributed by atoms with Crippen LogP contribution in [0.2, 0.25) is 0 Å². The van der Waals surface area contributed by atoms with E-state index in [4.69, 9.17) is 14.2 Å². The van der Waals surface area contributed by atoms with E-state index in [2.05, 4.69) is 0 Å². The first kappa shape index (κ1) is 17.0. The molecule has 130 valence electrons. The topological polar surface area (TPSA) is 61.8 Å². The number of esters is 1. The fraction of sp³-hybridized carbons (Fsp3) is 0.300. The number of rotatable bonds is 5. The molecule has 0 fully saturated rings. The first-order valence-corrected chi connectivity index (χ1v) is 8.33. The SMILES string of the molecule is CCOC(=O)C1CCOc2ccc(OCc3ccccc3)cc2C1=O. The second-order valence-electron chi connectivity index (χ2n) is 5.74. The van der Waals surface area contributed by atoms with Crippen molar-refractivity contribution in [2.24, 2.45) is 5.92 Å². The highest BCUT2D eigenvalue weighted by Crippen LogP contribution is 2.31. The normalized spacial score (nSPS) is 16.4. The Morgan fingerprint density at radius 2 is 2.00 bits per heavy atom. The molecule has 5 heteroatoms. The first-order valence-electron chi connectivity index (χ1n) is 8.33. The molecule has 0 saturated heterocycles. The molecule has 5 nitrogen and oxygen atoms in total. The third kappa shape index (κ3) is 3.99.